The fourth-order valence-corrected chi connectivity index (χ4v) is 2.72. The first-order valence-electron chi connectivity index (χ1n) is 7.14. The summed E-state index contributed by atoms with van der Waals surface area (Å²) in [5.41, 5.74) is 11.8. The Hall–Kier alpha value is -3.88. The summed E-state index contributed by atoms with van der Waals surface area (Å²) in [5.74, 6) is -0.629. The van der Waals surface area contributed by atoms with Crippen LogP contribution in [0.25, 0.3) is 16.6 Å². The van der Waals surface area contributed by atoms with Crippen LogP contribution < -0.4 is 16.8 Å². The Balaban J connectivity index is 2.34. The molecule has 0 radical (unpaired) electrons. The van der Waals surface area contributed by atoms with E-state index in [4.69, 9.17) is 11.5 Å². The number of urea groups is 1. The van der Waals surface area contributed by atoms with Crippen LogP contribution in [0.1, 0.15) is 10.4 Å². The number of nitrogens with two attached hydrogens (primary N) is 2. The number of fused-ring (bicyclic) bond motifs is 1. The van der Waals surface area contributed by atoms with Crippen molar-refractivity contribution in [1.82, 2.24) is 4.57 Å². The quantitative estimate of drug-likeness (QED) is 0.493. The fourth-order valence-electron chi connectivity index (χ4n) is 2.72. The second-order valence-corrected chi connectivity index (χ2v) is 5.20. The lowest BCUT2D eigenvalue weighted by molar-refractivity contribution is -0.384. The molecule has 0 saturated heterocycles. The molecule has 0 saturated carbocycles. The molecule has 0 unspecified atom stereocenters. The second kappa shape index (κ2) is 5.96. The Morgan fingerprint density at radius 2 is 1.68 bits per heavy atom. The molecule has 126 valence electrons. The van der Waals surface area contributed by atoms with Gasteiger partial charge in [0.15, 0.2) is 0 Å². The molecule has 3 amide bonds. The second-order valence-electron chi connectivity index (χ2n) is 5.20. The smallest absolute Gasteiger partial charge is 0.317 e. The number of carbonyl (C=O) groups is 2. The lowest BCUT2D eigenvalue weighted by Crippen LogP contribution is -2.24. The number of carbonyl (C=O) groups excluding carboxylic acids is 2. The minimum Gasteiger partial charge on any atom is -0.365 e. The van der Waals surface area contributed by atoms with Crippen LogP contribution in [-0.2, 0) is 0 Å². The fraction of sp³-hybridized carbons (Fsp3) is 0. The van der Waals surface area contributed by atoms with Crippen molar-refractivity contribution in [3.63, 3.8) is 0 Å². The maximum Gasteiger partial charge on any atom is 0.317 e. The van der Waals surface area contributed by atoms with E-state index in [1.165, 1.54) is 24.3 Å². The highest BCUT2D eigenvalue weighted by Crippen LogP contribution is 2.33. The van der Waals surface area contributed by atoms with E-state index >= 15 is 0 Å². The minimum atomic E-state index is -0.867. The van der Waals surface area contributed by atoms with Gasteiger partial charge in [-0.3, -0.25) is 24.8 Å². The maximum absolute atomic E-state index is 11.9. The number of primary amides is 2. The third kappa shape index (κ3) is 2.74. The van der Waals surface area contributed by atoms with Gasteiger partial charge in [0, 0.05) is 23.2 Å². The lowest BCUT2D eigenvalue weighted by Gasteiger charge is -2.11. The van der Waals surface area contributed by atoms with Gasteiger partial charge in [-0.25, -0.2) is 4.79 Å². The summed E-state index contributed by atoms with van der Waals surface area (Å²) in [6.45, 7) is 0. The molecule has 25 heavy (non-hydrogen) atoms. The minimum absolute atomic E-state index is 0.0836. The number of hydrogen-bond donors (Lipinski definition) is 3. The molecule has 0 fully saturated rings. The molecular weight excluding hydrogens is 326 g/mol. The van der Waals surface area contributed by atoms with Crippen LogP contribution in [0.15, 0.2) is 48.5 Å². The zero-order chi connectivity index (χ0) is 18.1. The Labute approximate surface area is 141 Å². The predicted molar refractivity (Wildman–Crippen MR) is 91.7 cm³/mol. The average molecular weight is 339 g/mol. The van der Waals surface area contributed by atoms with Crippen molar-refractivity contribution in [2.75, 3.05) is 5.32 Å². The molecule has 0 aliphatic heterocycles. The van der Waals surface area contributed by atoms with E-state index < -0.39 is 16.9 Å². The van der Waals surface area contributed by atoms with Crippen molar-refractivity contribution in [2.24, 2.45) is 11.5 Å². The number of nitrogens with one attached hydrogen (secondary N) is 1. The summed E-state index contributed by atoms with van der Waals surface area (Å²) in [6.07, 6.45) is 0. The van der Waals surface area contributed by atoms with Crippen molar-refractivity contribution >= 4 is 34.3 Å². The maximum atomic E-state index is 11.9. The van der Waals surface area contributed by atoms with Crippen molar-refractivity contribution in [3.05, 3.63) is 64.2 Å². The molecule has 1 aromatic heterocycles. The summed E-state index contributed by atoms with van der Waals surface area (Å²) >= 11 is 0. The van der Waals surface area contributed by atoms with Gasteiger partial charge in [-0.1, -0.05) is 18.2 Å². The van der Waals surface area contributed by atoms with E-state index in [1.807, 2.05) is 0 Å². The topological polar surface area (TPSA) is 146 Å². The molecule has 2 aromatic carbocycles. The number of anilines is 1. The number of hydrogen-bond acceptors (Lipinski definition) is 4. The molecule has 0 spiro atoms. The van der Waals surface area contributed by atoms with Gasteiger partial charge >= 0.3 is 6.03 Å². The number of nitrogens with zero attached hydrogens (tertiary/aromatic N) is 2. The number of benzene rings is 2. The van der Waals surface area contributed by atoms with Crippen molar-refractivity contribution in [1.29, 1.82) is 0 Å². The number of nitro benzene ring substituents is 1. The molecule has 0 atom stereocenters. The molecule has 9 heteroatoms. The third-order valence-electron chi connectivity index (χ3n) is 3.68. The van der Waals surface area contributed by atoms with Gasteiger partial charge in [-0.2, -0.15) is 0 Å². The largest absolute Gasteiger partial charge is 0.365 e. The summed E-state index contributed by atoms with van der Waals surface area (Å²) in [7, 11) is 0. The summed E-state index contributed by atoms with van der Waals surface area (Å²) in [6, 6.07) is 11.7. The third-order valence-corrected chi connectivity index (χ3v) is 3.68. The first-order valence-corrected chi connectivity index (χ1v) is 7.14. The van der Waals surface area contributed by atoms with Gasteiger partial charge in [0.25, 0.3) is 11.6 Å². The molecule has 0 aliphatic rings. The zero-order valence-electron chi connectivity index (χ0n) is 12.8. The van der Waals surface area contributed by atoms with E-state index in [9.17, 15) is 19.7 Å². The molecule has 3 aromatic rings. The van der Waals surface area contributed by atoms with Crippen LogP contribution in [0.5, 0.6) is 0 Å². The van der Waals surface area contributed by atoms with E-state index in [0.29, 0.717) is 16.6 Å². The number of nitro groups is 1. The zero-order valence-corrected chi connectivity index (χ0v) is 12.8. The number of non-ortho nitro benzene ring substituents is 1. The van der Waals surface area contributed by atoms with Crippen LogP contribution in [0, 0.1) is 10.1 Å². The van der Waals surface area contributed by atoms with E-state index in [2.05, 4.69) is 5.32 Å². The first kappa shape index (κ1) is 16.0. The molecular formula is C16H13N5O4. The molecule has 5 N–H and O–H groups in total. The number of para-hydroxylation sites is 1. The van der Waals surface area contributed by atoms with Gasteiger partial charge < -0.3 is 11.5 Å². The Kier molecular flexibility index (Phi) is 3.82. The highest BCUT2D eigenvalue weighted by atomic mass is 16.6. The molecule has 9 nitrogen and oxygen atoms in total. The highest BCUT2D eigenvalue weighted by molar-refractivity contribution is 6.14. The Bertz CT molecular complexity index is 1010. The van der Waals surface area contributed by atoms with Gasteiger partial charge in [0.05, 0.1) is 16.0 Å². The predicted octanol–water partition coefficient (Wildman–Crippen LogP) is 2.13. The van der Waals surface area contributed by atoms with Gasteiger partial charge in [0.2, 0.25) is 0 Å². The van der Waals surface area contributed by atoms with E-state index in [-0.39, 0.29) is 17.1 Å². The van der Waals surface area contributed by atoms with Gasteiger partial charge in [-0.15, -0.1) is 0 Å². The molecule has 3 rings (SSSR count). The Morgan fingerprint density at radius 3 is 2.24 bits per heavy atom. The molecule has 0 aliphatic carbocycles. The number of rotatable bonds is 4. The van der Waals surface area contributed by atoms with Crippen molar-refractivity contribution < 1.29 is 14.5 Å². The van der Waals surface area contributed by atoms with Crippen molar-refractivity contribution in [3.8, 4) is 5.69 Å². The van der Waals surface area contributed by atoms with E-state index in [0.717, 1.165) is 0 Å². The summed E-state index contributed by atoms with van der Waals surface area (Å²) < 4.78 is 1.56. The van der Waals surface area contributed by atoms with Gasteiger partial charge in [-0.05, 0) is 18.2 Å². The van der Waals surface area contributed by atoms with Crippen LogP contribution in [0.2, 0.25) is 0 Å². The summed E-state index contributed by atoms with van der Waals surface area (Å²) in [4.78, 5) is 33.6. The summed E-state index contributed by atoms with van der Waals surface area (Å²) in [5, 5.41) is 13.8. The first-order chi connectivity index (χ1) is 11.9. The lowest BCUT2D eigenvalue weighted by atomic mass is 10.1. The average Bonchev–Trinajstić information content (AvgIpc) is 2.88. The number of amides is 3. The van der Waals surface area contributed by atoms with Crippen LogP contribution in [0.3, 0.4) is 0 Å². The van der Waals surface area contributed by atoms with Crippen LogP contribution in [-0.4, -0.2) is 21.4 Å². The van der Waals surface area contributed by atoms with Crippen LogP contribution >= 0.6 is 0 Å². The Morgan fingerprint density at radius 1 is 1.04 bits per heavy atom. The molecule has 0 bridgehead atoms. The standard InChI is InChI=1S/C16H13N5O4/c17-14(22)13-11-3-1-2-4-12(11)20(15(13)19-16(18)23)9-5-7-10(8-6-9)21(24)25/h1-8H,(H2,17,22)(H3,18,19,23). The highest BCUT2D eigenvalue weighted by Gasteiger charge is 2.23. The number of aromatic nitrogens is 1. The van der Waals surface area contributed by atoms with Crippen LogP contribution in [0.4, 0.5) is 16.3 Å². The normalized spacial score (nSPS) is 10.6. The molecule has 1 heterocycles. The SMILES string of the molecule is NC(=O)Nc1c(C(N)=O)c2ccccc2n1-c1ccc([N+](=O)[O-])cc1. The monoisotopic (exact) mass is 339 g/mol. The van der Waals surface area contributed by atoms with Crippen molar-refractivity contribution in [2.45, 2.75) is 0 Å². The van der Waals surface area contributed by atoms with Gasteiger partial charge in [0.1, 0.15) is 5.82 Å². The van der Waals surface area contributed by atoms with E-state index in [1.54, 1.807) is 28.8 Å².